The molecular formula is C23H22ClFN4O3. The number of amides is 3. The van der Waals surface area contributed by atoms with E-state index in [1.54, 1.807) is 9.80 Å². The van der Waals surface area contributed by atoms with Gasteiger partial charge in [-0.2, -0.15) is 0 Å². The monoisotopic (exact) mass is 456 g/mol. The second-order valence-electron chi connectivity index (χ2n) is 9.21. The molecule has 32 heavy (non-hydrogen) atoms. The van der Waals surface area contributed by atoms with Gasteiger partial charge in [-0.05, 0) is 31.4 Å². The molecule has 1 aromatic carbocycles. The van der Waals surface area contributed by atoms with E-state index in [1.165, 1.54) is 6.20 Å². The number of carbonyl (C=O) groups excluding carboxylic acids is 3. The van der Waals surface area contributed by atoms with Gasteiger partial charge in [0.05, 0.1) is 5.02 Å². The van der Waals surface area contributed by atoms with E-state index in [4.69, 9.17) is 11.6 Å². The third-order valence-corrected chi connectivity index (χ3v) is 7.03. The van der Waals surface area contributed by atoms with Crippen LogP contribution in [0, 0.1) is 18.2 Å². The molecular weight excluding hydrogens is 435 g/mol. The molecule has 0 atom stereocenters. The van der Waals surface area contributed by atoms with Crippen molar-refractivity contribution in [3.63, 3.8) is 0 Å². The summed E-state index contributed by atoms with van der Waals surface area (Å²) in [6.07, 6.45) is 2.94. The van der Waals surface area contributed by atoms with Gasteiger partial charge in [0.25, 0.3) is 5.91 Å². The normalized spacial score (nSPS) is 21.0. The number of hydrogen-bond donors (Lipinski definition) is 0. The third-order valence-electron chi connectivity index (χ3n) is 6.82. The first-order valence-corrected chi connectivity index (χ1v) is 10.8. The number of benzene rings is 1. The zero-order chi connectivity index (χ0) is 22.7. The van der Waals surface area contributed by atoms with E-state index >= 15 is 0 Å². The molecule has 2 aromatic rings. The van der Waals surface area contributed by atoms with Crippen LogP contribution in [0.1, 0.15) is 24.0 Å². The molecule has 2 aliphatic heterocycles. The first kappa shape index (κ1) is 20.9. The van der Waals surface area contributed by atoms with Gasteiger partial charge < -0.3 is 9.80 Å². The Labute approximate surface area is 189 Å². The Morgan fingerprint density at radius 3 is 2.50 bits per heavy atom. The van der Waals surface area contributed by atoms with Crippen LogP contribution in [0.4, 0.5) is 10.2 Å². The van der Waals surface area contributed by atoms with Gasteiger partial charge in [0.1, 0.15) is 12.1 Å². The summed E-state index contributed by atoms with van der Waals surface area (Å²) >= 11 is 5.82. The lowest BCUT2D eigenvalue weighted by Gasteiger charge is -2.66. The van der Waals surface area contributed by atoms with Crippen LogP contribution >= 0.6 is 11.6 Å². The fraction of sp³-hybridized carbons (Fsp3) is 0.391. The SMILES string of the molecule is Cc1ccc(CN2C(=O)CN(c3ncc(Cl)cc3F)C(=O)C23CC2(CN(C=O)C2)C3)cc1. The predicted molar refractivity (Wildman–Crippen MR) is 115 cm³/mol. The van der Waals surface area contributed by atoms with Crippen molar-refractivity contribution in [2.24, 2.45) is 5.41 Å². The Morgan fingerprint density at radius 1 is 1.19 bits per heavy atom. The van der Waals surface area contributed by atoms with Crippen molar-refractivity contribution in [1.29, 1.82) is 0 Å². The molecule has 5 rings (SSSR count). The number of anilines is 1. The Hall–Kier alpha value is -3.00. The highest BCUT2D eigenvalue weighted by molar-refractivity contribution is 6.30. The van der Waals surface area contributed by atoms with Crippen LogP contribution in [0.2, 0.25) is 5.02 Å². The van der Waals surface area contributed by atoms with E-state index in [9.17, 15) is 18.8 Å². The standard InChI is InChI=1S/C23H22ClFN4O3/c1-15-2-4-16(5-3-15)8-29-19(31)9-28(20-18(25)6-17(24)7-26-20)21(32)23(29)10-22(11-23)12-27(13-22)14-30/h2-7,14H,8-13H2,1H3. The summed E-state index contributed by atoms with van der Waals surface area (Å²) in [6, 6.07) is 8.91. The van der Waals surface area contributed by atoms with E-state index in [0.29, 0.717) is 32.5 Å². The first-order valence-electron chi connectivity index (χ1n) is 10.4. The van der Waals surface area contributed by atoms with Gasteiger partial charge in [-0.15, -0.1) is 0 Å². The molecule has 0 radical (unpaired) electrons. The summed E-state index contributed by atoms with van der Waals surface area (Å²) in [4.78, 5) is 46.6. The molecule has 3 amide bonds. The van der Waals surface area contributed by atoms with E-state index < -0.39 is 11.4 Å². The van der Waals surface area contributed by atoms with Crippen LogP contribution in [0.25, 0.3) is 0 Å². The van der Waals surface area contributed by atoms with Crippen molar-refractivity contribution in [1.82, 2.24) is 14.8 Å². The molecule has 2 saturated heterocycles. The molecule has 3 fully saturated rings. The van der Waals surface area contributed by atoms with Gasteiger partial charge in [0, 0.05) is 31.2 Å². The largest absolute Gasteiger partial charge is 0.344 e. The van der Waals surface area contributed by atoms with E-state index in [-0.39, 0.29) is 34.6 Å². The van der Waals surface area contributed by atoms with Gasteiger partial charge in [0.2, 0.25) is 12.3 Å². The maximum Gasteiger partial charge on any atom is 0.254 e. The lowest BCUT2D eigenvalue weighted by Crippen LogP contribution is -2.79. The molecule has 7 nitrogen and oxygen atoms in total. The molecule has 0 bridgehead atoms. The van der Waals surface area contributed by atoms with Crippen LogP contribution in [-0.4, -0.2) is 58.2 Å². The van der Waals surface area contributed by atoms with Crippen molar-refractivity contribution < 1.29 is 18.8 Å². The second-order valence-corrected chi connectivity index (χ2v) is 9.65. The predicted octanol–water partition coefficient (Wildman–Crippen LogP) is 2.55. The molecule has 9 heteroatoms. The average molecular weight is 457 g/mol. The van der Waals surface area contributed by atoms with Gasteiger partial charge in [-0.1, -0.05) is 41.4 Å². The number of aromatic nitrogens is 1. The summed E-state index contributed by atoms with van der Waals surface area (Å²) in [5.74, 6) is -1.53. The van der Waals surface area contributed by atoms with E-state index in [1.807, 2.05) is 31.2 Å². The number of piperazine rings is 1. The second kappa shape index (κ2) is 7.27. The van der Waals surface area contributed by atoms with Crippen LogP contribution in [0.5, 0.6) is 0 Å². The van der Waals surface area contributed by atoms with E-state index in [2.05, 4.69) is 4.98 Å². The maximum absolute atomic E-state index is 14.6. The number of likely N-dealkylation sites (tertiary alicyclic amines) is 1. The minimum Gasteiger partial charge on any atom is -0.344 e. The van der Waals surface area contributed by atoms with Crippen molar-refractivity contribution in [2.75, 3.05) is 24.5 Å². The summed E-state index contributed by atoms with van der Waals surface area (Å²) < 4.78 is 14.6. The minimum atomic E-state index is -1.08. The quantitative estimate of drug-likeness (QED) is 0.663. The summed E-state index contributed by atoms with van der Waals surface area (Å²) in [7, 11) is 0. The Balaban J connectivity index is 1.49. The molecule has 3 aliphatic rings. The number of halogens is 2. The highest BCUT2D eigenvalue weighted by Gasteiger charge is 2.68. The molecule has 166 valence electrons. The van der Waals surface area contributed by atoms with Crippen LogP contribution in [0.3, 0.4) is 0 Å². The van der Waals surface area contributed by atoms with Crippen LogP contribution < -0.4 is 4.90 Å². The van der Waals surface area contributed by atoms with Crippen molar-refractivity contribution >= 4 is 35.6 Å². The fourth-order valence-corrected chi connectivity index (χ4v) is 5.58. The number of pyridine rings is 1. The molecule has 1 aliphatic carbocycles. The molecule has 2 spiro atoms. The zero-order valence-corrected chi connectivity index (χ0v) is 18.3. The average Bonchev–Trinajstić information content (AvgIpc) is 2.70. The fourth-order valence-electron chi connectivity index (χ4n) is 5.43. The van der Waals surface area contributed by atoms with Gasteiger partial charge in [-0.25, -0.2) is 9.37 Å². The molecule has 1 aromatic heterocycles. The first-order chi connectivity index (χ1) is 15.2. The lowest BCUT2D eigenvalue weighted by molar-refractivity contribution is -0.188. The Bertz CT molecular complexity index is 1110. The molecule has 3 heterocycles. The Kier molecular flexibility index (Phi) is 4.74. The number of carbonyl (C=O) groups is 3. The van der Waals surface area contributed by atoms with Gasteiger partial charge >= 0.3 is 0 Å². The number of nitrogens with zero attached hydrogens (tertiary/aromatic N) is 4. The number of aryl methyl sites for hydroxylation is 1. The van der Waals surface area contributed by atoms with E-state index in [0.717, 1.165) is 28.5 Å². The molecule has 1 saturated carbocycles. The van der Waals surface area contributed by atoms with Crippen LogP contribution in [-0.2, 0) is 20.9 Å². The molecule has 0 unspecified atom stereocenters. The van der Waals surface area contributed by atoms with Crippen molar-refractivity contribution in [3.8, 4) is 0 Å². The van der Waals surface area contributed by atoms with Crippen LogP contribution in [0.15, 0.2) is 36.5 Å². The lowest BCUT2D eigenvalue weighted by atomic mass is 9.52. The topological polar surface area (TPSA) is 73.8 Å². The van der Waals surface area contributed by atoms with Crippen molar-refractivity contribution in [2.45, 2.75) is 31.8 Å². The van der Waals surface area contributed by atoms with Gasteiger partial charge in [-0.3, -0.25) is 19.3 Å². The number of hydrogen-bond acceptors (Lipinski definition) is 4. The summed E-state index contributed by atoms with van der Waals surface area (Å²) in [5.41, 5.74) is 0.760. The van der Waals surface area contributed by atoms with Crippen molar-refractivity contribution in [3.05, 3.63) is 58.5 Å². The maximum atomic E-state index is 14.6. The third kappa shape index (κ3) is 3.16. The highest BCUT2D eigenvalue weighted by Crippen LogP contribution is 2.58. The smallest absolute Gasteiger partial charge is 0.254 e. The Morgan fingerprint density at radius 2 is 1.88 bits per heavy atom. The minimum absolute atomic E-state index is 0.115. The molecule has 0 N–H and O–H groups in total. The van der Waals surface area contributed by atoms with Gasteiger partial charge in [0.15, 0.2) is 11.6 Å². The number of rotatable bonds is 4. The summed E-state index contributed by atoms with van der Waals surface area (Å²) in [6.45, 7) is 3.11. The summed E-state index contributed by atoms with van der Waals surface area (Å²) in [5, 5.41) is 0.115. The highest BCUT2D eigenvalue weighted by atomic mass is 35.5. The zero-order valence-electron chi connectivity index (χ0n) is 17.6.